The van der Waals surface area contributed by atoms with E-state index < -0.39 is 11.9 Å². The first-order valence-electron chi connectivity index (χ1n) is 9.38. The summed E-state index contributed by atoms with van der Waals surface area (Å²) < 4.78 is 12.2. The van der Waals surface area contributed by atoms with Gasteiger partial charge >= 0.3 is 0 Å². The number of unbranched alkanes of at least 4 members (excludes halogenated alkanes) is 2. The summed E-state index contributed by atoms with van der Waals surface area (Å²) in [5.74, 6) is 0.736. The maximum absolute atomic E-state index is 8.44. The fourth-order valence-electron chi connectivity index (χ4n) is 3.77. The minimum absolute atomic E-state index is 0.0208. The summed E-state index contributed by atoms with van der Waals surface area (Å²) >= 11 is 0. The van der Waals surface area contributed by atoms with Crippen LogP contribution >= 0.6 is 0 Å². The predicted molar refractivity (Wildman–Crippen MR) is 105 cm³/mol. The zero-order chi connectivity index (χ0) is 18.9. The third-order valence-electron chi connectivity index (χ3n) is 5.16. The number of benzene rings is 1. The molecule has 27 heavy (non-hydrogen) atoms. The van der Waals surface area contributed by atoms with Crippen LogP contribution < -0.4 is 20.7 Å². The first-order valence-corrected chi connectivity index (χ1v) is 9.38. The van der Waals surface area contributed by atoms with E-state index in [4.69, 9.17) is 20.6 Å². The molecule has 0 radical (unpaired) electrons. The predicted octanol–water partition coefficient (Wildman–Crippen LogP) is 3.03. The van der Waals surface area contributed by atoms with Crippen LogP contribution in [0.1, 0.15) is 31.9 Å². The average molecular weight is 367 g/mol. The van der Waals surface area contributed by atoms with Crippen molar-refractivity contribution >= 4 is 17.2 Å². The van der Waals surface area contributed by atoms with Crippen LogP contribution in [0.25, 0.3) is 0 Å². The Hall–Kier alpha value is -2.80. The molecule has 2 unspecified atom stereocenters. The lowest BCUT2D eigenvalue weighted by Crippen LogP contribution is -2.64. The van der Waals surface area contributed by atoms with Crippen molar-refractivity contribution in [2.45, 2.75) is 38.1 Å². The van der Waals surface area contributed by atoms with E-state index in [9.17, 15) is 0 Å². The Bertz CT molecular complexity index is 828. The van der Waals surface area contributed by atoms with Crippen LogP contribution in [0, 0.1) is 5.41 Å². The van der Waals surface area contributed by atoms with Gasteiger partial charge in [0.2, 0.25) is 6.35 Å². The molecule has 0 aliphatic carbocycles. The Morgan fingerprint density at radius 3 is 3.00 bits per heavy atom. The lowest BCUT2D eigenvalue weighted by molar-refractivity contribution is 0.0499. The third kappa shape index (κ3) is 2.78. The van der Waals surface area contributed by atoms with Crippen molar-refractivity contribution in [2.75, 3.05) is 23.4 Å². The van der Waals surface area contributed by atoms with Gasteiger partial charge < -0.3 is 25.4 Å². The van der Waals surface area contributed by atoms with Crippen molar-refractivity contribution in [1.29, 1.82) is 5.41 Å². The van der Waals surface area contributed by atoms with Gasteiger partial charge in [0.1, 0.15) is 23.9 Å². The van der Waals surface area contributed by atoms with Crippen LogP contribution in [-0.2, 0) is 10.3 Å². The number of amidine groups is 1. The quantitative estimate of drug-likeness (QED) is 0.395. The van der Waals surface area contributed by atoms with Gasteiger partial charge in [-0.15, -0.1) is 0 Å². The van der Waals surface area contributed by atoms with Crippen molar-refractivity contribution in [3.63, 3.8) is 0 Å². The first-order chi connectivity index (χ1) is 13.2. The minimum atomic E-state index is -1.02. The molecule has 2 aliphatic rings. The molecule has 0 fully saturated rings. The largest absolute Gasteiger partial charge is 0.488 e. The molecular weight excluding hydrogens is 342 g/mol. The van der Waals surface area contributed by atoms with Gasteiger partial charge in [0.25, 0.3) is 0 Å². The lowest BCUT2D eigenvalue weighted by Gasteiger charge is -2.46. The van der Waals surface area contributed by atoms with E-state index in [1.165, 1.54) is 0 Å². The van der Waals surface area contributed by atoms with Gasteiger partial charge in [-0.1, -0.05) is 31.9 Å². The van der Waals surface area contributed by atoms with E-state index in [-0.39, 0.29) is 12.4 Å². The zero-order valence-electron chi connectivity index (χ0n) is 15.4. The third-order valence-corrected chi connectivity index (χ3v) is 5.16. The highest BCUT2D eigenvalue weighted by molar-refractivity contribution is 5.97. The number of anilines is 2. The van der Waals surface area contributed by atoms with E-state index in [2.05, 4.69) is 17.2 Å². The van der Waals surface area contributed by atoms with Crippen molar-refractivity contribution in [1.82, 2.24) is 4.98 Å². The van der Waals surface area contributed by atoms with Crippen LogP contribution in [0.2, 0.25) is 0 Å². The van der Waals surface area contributed by atoms with Crippen LogP contribution in [0.3, 0.4) is 0 Å². The highest BCUT2D eigenvalue weighted by Crippen LogP contribution is 2.51. The summed E-state index contributed by atoms with van der Waals surface area (Å²) in [4.78, 5) is 6.53. The number of pyridine rings is 1. The summed E-state index contributed by atoms with van der Waals surface area (Å²) in [7, 11) is 0. The normalized spacial score (nSPS) is 22.7. The molecule has 0 spiro atoms. The second kappa shape index (κ2) is 7.08. The smallest absolute Gasteiger partial charge is 0.209 e. The molecular formula is C20H25N5O2. The molecule has 142 valence electrons. The van der Waals surface area contributed by atoms with Gasteiger partial charge in [-0.3, -0.25) is 10.4 Å². The molecule has 2 aromatic rings. The Morgan fingerprint density at radius 2 is 2.26 bits per heavy atom. The monoisotopic (exact) mass is 367 g/mol. The van der Waals surface area contributed by atoms with Crippen LogP contribution in [0.4, 0.5) is 11.4 Å². The standard InChI is InChI=1S/C20H25N5O2/c1-2-3-6-12-26-19-24-14-8-7-9-15-17(14)25(19)20(13-27-15,18(21)22)16-10-4-5-11-23-16/h4-5,7-11,19,24H,2-3,6,12-13H2,1H3,(H3,21,22). The van der Waals surface area contributed by atoms with Gasteiger partial charge in [0.15, 0.2) is 5.54 Å². The summed E-state index contributed by atoms with van der Waals surface area (Å²) in [6.07, 6.45) is 4.51. The molecule has 2 aliphatic heterocycles. The summed E-state index contributed by atoms with van der Waals surface area (Å²) in [5.41, 5.74) is 7.58. The van der Waals surface area contributed by atoms with Crippen molar-refractivity contribution in [2.24, 2.45) is 5.73 Å². The molecule has 1 aromatic heterocycles. The number of ether oxygens (including phenoxy) is 2. The minimum Gasteiger partial charge on any atom is -0.488 e. The number of rotatable bonds is 7. The topological polar surface area (TPSA) is 96.5 Å². The van der Waals surface area contributed by atoms with Gasteiger partial charge in [-0.2, -0.15) is 0 Å². The number of nitrogens with zero attached hydrogens (tertiary/aromatic N) is 2. The molecule has 0 amide bonds. The molecule has 4 rings (SSSR count). The summed E-state index contributed by atoms with van der Waals surface area (Å²) in [6, 6.07) is 11.5. The Labute approximate surface area is 159 Å². The fourth-order valence-corrected chi connectivity index (χ4v) is 3.77. The van der Waals surface area contributed by atoms with E-state index >= 15 is 0 Å². The number of hydrogen-bond donors (Lipinski definition) is 3. The molecule has 0 bridgehead atoms. The van der Waals surface area contributed by atoms with E-state index in [1.54, 1.807) is 6.20 Å². The van der Waals surface area contributed by atoms with Crippen LogP contribution in [0.5, 0.6) is 5.75 Å². The van der Waals surface area contributed by atoms with E-state index in [1.807, 2.05) is 41.3 Å². The van der Waals surface area contributed by atoms with Crippen molar-refractivity contribution in [3.05, 3.63) is 48.3 Å². The van der Waals surface area contributed by atoms with Crippen LogP contribution in [0.15, 0.2) is 42.6 Å². The van der Waals surface area contributed by atoms with Crippen molar-refractivity contribution in [3.8, 4) is 5.75 Å². The zero-order valence-corrected chi connectivity index (χ0v) is 15.4. The molecule has 4 N–H and O–H groups in total. The number of para-hydroxylation sites is 1. The second-order valence-electron chi connectivity index (χ2n) is 6.87. The number of aromatic nitrogens is 1. The molecule has 3 heterocycles. The van der Waals surface area contributed by atoms with Crippen LogP contribution in [-0.4, -0.2) is 30.4 Å². The number of nitrogens with two attached hydrogens (primary N) is 1. The number of hydrogen-bond acceptors (Lipinski definition) is 6. The summed E-state index contributed by atoms with van der Waals surface area (Å²) in [5, 5.41) is 11.9. The molecule has 7 heteroatoms. The highest BCUT2D eigenvalue weighted by atomic mass is 16.5. The number of nitrogens with one attached hydrogen (secondary N) is 2. The maximum atomic E-state index is 8.44. The molecule has 7 nitrogen and oxygen atoms in total. The Morgan fingerprint density at radius 1 is 1.37 bits per heavy atom. The Balaban J connectivity index is 1.78. The molecule has 2 atom stereocenters. The fraction of sp³-hybridized carbons (Fsp3) is 0.400. The van der Waals surface area contributed by atoms with Gasteiger partial charge in [-0.05, 0) is 30.7 Å². The van der Waals surface area contributed by atoms with E-state index in [0.717, 1.165) is 36.4 Å². The van der Waals surface area contributed by atoms with Gasteiger partial charge in [0.05, 0.1) is 18.0 Å². The molecule has 0 saturated heterocycles. The first kappa shape index (κ1) is 17.6. The Kier molecular flexibility index (Phi) is 4.61. The average Bonchev–Trinajstić information content (AvgIpc) is 3.07. The van der Waals surface area contributed by atoms with Gasteiger partial charge in [0, 0.05) is 6.20 Å². The lowest BCUT2D eigenvalue weighted by atomic mass is 9.89. The SMILES string of the molecule is CCCCCOC1Nc2cccc3c2N1C(C(=N)N)(c1ccccn1)CO3. The molecule has 1 aromatic carbocycles. The maximum Gasteiger partial charge on any atom is 0.209 e. The highest BCUT2D eigenvalue weighted by Gasteiger charge is 2.54. The van der Waals surface area contributed by atoms with Gasteiger partial charge in [-0.25, -0.2) is 0 Å². The summed E-state index contributed by atoms with van der Waals surface area (Å²) in [6.45, 7) is 2.99. The molecule has 0 saturated carbocycles. The van der Waals surface area contributed by atoms with E-state index in [0.29, 0.717) is 12.3 Å². The second-order valence-corrected chi connectivity index (χ2v) is 6.87. The van der Waals surface area contributed by atoms with Crippen molar-refractivity contribution < 1.29 is 9.47 Å².